The molecule has 0 unspecified atom stereocenters. The van der Waals surface area contributed by atoms with E-state index in [4.69, 9.17) is 11.6 Å². The zero-order valence-corrected chi connectivity index (χ0v) is 15.7. The van der Waals surface area contributed by atoms with Gasteiger partial charge in [0.1, 0.15) is 0 Å². The van der Waals surface area contributed by atoms with Gasteiger partial charge in [-0.05, 0) is 25.1 Å². The van der Waals surface area contributed by atoms with Gasteiger partial charge < -0.3 is 4.90 Å². The molecule has 0 N–H and O–H groups in total. The summed E-state index contributed by atoms with van der Waals surface area (Å²) in [5.74, 6) is 0. The number of rotatable bonds is 4. The molecule has 1 aliphatic heterocycles. The van der Waals surface area contributed by atoms with E-state index in [9.17, 15) is 18.5 Å². The van der Waals surface area contributed by atoms with Crippen molar-refractivity contribution in [3.8, 4) is 0 Å². The molecule has 7 nitrogen and oxygen atoms in total. The highest BCUT2D eigenvalue weighted by Gasteiger charge is 2.30. The minimum Gasteiger partial charge on any atom is -0.368 e. The molecule has 0 spiro atoms. The van der Waals surface area contributed by atoms with Crippen LogP contribution in [0.2, 0.25) is 5.02 Å². The van der Waals surface area contributed by atoms with E-state index in [2.05, 4.69) is 0 Å². The number of anilines is 1. The van der Waals surface area contributed by atoms with Crippen molar-refractivity contribution in [3.05, 3.63) is 63.2 Å². The summed E-state index contributed by atoms with van der Waals surface area (Å²) in [6, 6.07) is 11.4. The Labute approximate surface area is 157 Å². The molecule has 3 rings (SSSR count). The molecule has 1 aliphatic rings. The first-order valence-electron chi connectivity index (χ1n) is 8.05. The Morgan fingerprint density at radius 1 is 1.08 bits per heavy atom. The van der Waals surface area contributed by atoms with Crippen molar-refractivity contribution in [1.82, 2.24) is 4.31 Å². The molecule has 0 aliphatic carbocycles. The summed E-state index contributed by atoms with van der Waals surface area (Å²) in [7, 11) is -3.78. The van der Waals surface area contributed by atoms with Crippen LogP contribution in [-0.2, 0) is 10.0 Å². The predicted molar refractivity (Wildman–Crippen MR) is 100 cm³/mol. The fourth-order valence-electron chi connectivity index (χ4n) is 2.97. The van der Waals surface area contributed by atoms with E-state index < -0.39 is 14.9 Å². The van der Waals surface area contributed by atoms with Gasteiger partial charge in [-0.2, -0.15) is 4.31 Å². The van der Waals surface area contributed by atoms with Crippen LogP contribution < -0.4 is 4.90 Å². The van der Waals surface area contributed by atoms with Gasteiger partial charge >= 0.3 is 0 Å². The summed E-state index contributed by atoms with van der Waals surface area (Å²) >= 11 is 6.20. The Kier molecular flexibility index (Phi) is 5.17. The molecule has 2 aromatic carbocycles. The third kappa shape index (κ3) is 3.53. The standard InChI is InChI=1S/C17H18ClN3O4S/c1-13-6-7-14(12-17(13)21(22)23)26(24,25)20-10-8-19(9-11-20)16-5-3-2-4-15(16)18/h2-7,12H,8-11H2,1H3. The third-order valence-electron chi connectivity index (χ3n) is 4.45. The van der Waals surface area contributed by atoms with Crippen molar-refractivity contribution in [1.29, 1.82) is 0 Å². The molecule has 138 valence electrons. The number of hydrogen-bond donors (Lipinski definition) is 0. The second kappa shape index (κ2) is 7.22. The summed E-state index contributed by atoms with van der Waals surface area (Å²) in [6.45, 7) is 3.15. The maximum Gasteiger partial charge on any atom is 0.273 e. The molecule has 1 fully saturated rings. The lowest BCUT2D eigenvalue weighted by molar-refractivity contribution is -0.385. The Morgan fingerprint density at radius 2 is 1.73 bits per heavy atom. The minimum atomic E-state index is -3.78. The first kappa shape index (κ1) is 18.6. The number of aryl methyl sites for hydroxylation is 1. The van der Waals surface area contributed by atoms with E-state index in [-0.39, 0.29) is 23.7 Å². The number of nitrogens with zero attached hydrogens (tertiary/aromatic N) is 3. The fourth-order valence-corrected chi connectivity index (χ4v) is 4.67. The van der Waals surface area contributed by atoms with Gasteiger partial charge in [0.2, 0.25) is 10.0 Å². The van der Waals surface area contributed by atoms with Gasteiger partial charge in [-0.3, -0.25) is 10.1 Å². The molecule has 0 saturated carbocycles. The molecule has 2 aromatic rings. The molecule has 0 aromatic heterocycles. The lowest BCUT2D eigenvalue weighted by atomic mass is 10.2. The Morgan fingerprint density at radius 3 is 2.35 bits per heavy atom. The molecule has 0 radical (unpaired) electrons. The Hall–Kier alpha value is -2.16. The summed E-state index contributed by atoms with van der Waals surface area (Å²) in [4.78, 5) is 12.5. The predicted octanol–water partition coefficient (Wildman–Crippen LogP) is 3.07. The van der Waals surface area contributed by atoms with E-state index in [1.807, 2.05) is 23.1 Å². The SMILES string of the molecule is Cc1ccc(S(=O)(=O)N2CCN(c3ccccc3Cl)CC2)cc1[N+](=O)[O-]. The van der Waals surface area contributed by atoms with E-state index in [0.29, 0.717) is 23.7 Å². The van der Waals surface area contributed by atoms with Gasteiger partial charge in [-0.15, -0.1) is 0 Å². The normalized spacial score (nSPS) is 15.8. The number of para-hydroxylation sites is 1. The molecule has 26 heavy (non-hydrogen) atoms. The summed E-state index contributed by atoms with van der Waals surface area (Å²) in [5.41, 5.74) is 1.11. The zero-order chi connectivity index (χ0) is 18.9. The first-order chi connectivity index (χ1) is 12.3. The molecule has 0 bridgehead atoms. The zero-order valence-electron chi connectivity index (χ0n) is 14.1. The van der Waals surface area contributed by atoms with Crippen LogP contribution in [0.15, 0.2) is 47.4 Å². The first-order valence-corrected chi connectivity index (χ1v) is 9.87. The van der Waals surface area contributed by atoms with Gasteiger partial charge in [0.25, 0.3) is 5.69 Å². The number of halogens is 1. The van der Waals surface area contributed by atoms with Gasteiger partial charge in [-0.25, -0.2) is 8.42 Å². The Balaban J connectivity index is 1.79. The molecule has 1 heterocycles. The molecule has 0 atom stereocenters. The highest BCUT2D eigenvalue weighted by molar-refractivity contribution is 7.89. The van der Waals surface area contributed by atoms with E-state index in [1.165, 1.54) is 16.4 Å². The third-order valence-corrected chi connectivity index (χ3v) is 6.66. The maximum atomic E-state index is 12.8. The highest BCUT2D eigenvalue weighted by Crippen LogP contribution is 2.28. The smallest absolute Gasteiger partial charge is 0.273 e. The number of hydrogen-bond acceptors (Lipinski definition) is 5. The highest BCUT2D eigenvalue weighted by atomic mass is 35.5. The summed E-state index contributed by atoms with van der Waals surface area (Å²) in [6.07, 6.45) is 0. The average Bonchev–Trinajstić information content (AvgIpc) is 2.62. The summed E-state index contributed by atoms with van der Waals surface area (Å²) in [5, 5.41) is 11.7. The van der Waals surface area contributed by atoms with Crippen molar-refractivity contribution in [2.75, 3.05) is 31.1 Å². The van der Waals surface area contributed by atoms with E-state index in [0.717, 1.165) is 11.8 Å². The van der Waals surface area contributed by atoms with Crippen molar-refractivity contribution >= 4 is 33.0 Å². The largest absolute Gasteiger partial charge is 0.368 e. The molecular weight excluding hydrogens is 378 g/mol. The van der Waals surface area contributed by atoms with Gasteiger partial charge in [0.15, 0.2) is 0 Å². The van der Waals surface area contributed by atoms with Crippen LogP contribution in [0.4, 0.5) is 11.4 Å². The van der Waals surface area contributed by atoms with E-state index in [1.54, 1.807) is 13.0 Å². The van der Waals surface area contributed by atoms with Crippen molar-refractivity contribution in [3.63, 3.8) is 0 Å². The molecule has 0 amide bonds. The lowest BCUT2D eigenvalue weighted by Crippen LogP contribution is -2.48. The van der Waals surface area contributed by atoms with Gasteiger partial charge in [0.05, 0.1) is 20.5 Å². The number of nitro groups is 1. The minimum absolute atomic E-state index is 0.0546. The van der Waals surface area contributed by atoms with Crippen LogP contribution in [-0.4, -0.2) is 43.8 Å². The van der Waals surface area contributed by atoms with Crippen molar-refractivity contribution in [2.24, 2.45) is 0 Å². The fraction of sp³-hybridized carbons (Fsp3) is 0.294. The van der Waals surface area contributed by atoms with Crippen LogP contribution in [0.3, 0.4) is 0 Å². The van der Waals surface area contributed by atoms with Crippen molar-refractivity contribution < 1.29 is 13.3 Å². The van der Waals surface area contributed by atoms with Crippen LogP contribution in [0.25, 0.3) is 0 Å². The number of sulfonamides is 1. The van der Waals surface area contributed by atoms with E-state index >= 15 is 0 Å². The number of nitro benzene ring substituents is 1. The van der Waals surface area contributed by atoms with Crippen LogP contribution in [0.5, 0.6) is 0 Å². The second-order valence-corrected chi connectivity index (χ2v) is 8.39. The molecule has 9 heteroatoms. The van der Waals surface area contributed by atoms with Gasteiger partial charge in [-0.1, -0.05) is 29.8 Å². The quantitative estimate of drug-likeness (QED) is 0.586. The van der Waals surface area contributed by atoms with Crippen LogP contribution in [0, 0.1) is 17.0 Å². The monoisotopic (exact) mass is 395 g/mol. The lowest BCUT2D eigenvalue weighted by Gasteiger charge is -2.35. The van der Waals surface area contributed by atoms with Crippen LogP contribution >= 0.6 is 11.6 Å². The number of piperazine rings is 1. The van der Waals surface area contributed by atoms with Crippen molar-refractivity contribution in [2.45, 2.75) is 11.8 Å². The second-order valence-electron chi connectivity index (χ2n) is 6.05. The maximum absolute atomic E-state index is 12.8. The van der Waals surface area contributed by atoms with Crippen LogP contribution in [0.1, 0.15) is 5.56 Å². The Bertz CT molecular complexity index is 941. The average molecular weight is 396 g/mol. The van der Waals surface area contributed by atoms with Gasteiger partial charge in [0, 0.05) is 37.8 Å². The molecular formula is C17H18ClN3O4S. The number of benzene rings is 2. The topological polar surface area (TPSA) is 83.8 Å². The molecule has 1 saturated heterocycles. The summed E-state index contributed by atoms with van der Waals surface area (Å²) < 4.78 is 27.0.